The molecule has 2 heteroatoms. The molecule has 0 spiro atoms. The third kappa shape index (κ3) is 3.69. The number of rotatable bonds is 7. The quantitative estimate of drug-likeness (QED) is 0.527. The van der Waals surface area contributed by atoms with Gasteiger partial charge in [-0.3, -0.25) is 0 Å². The summed E-state index contributed by atoms with van der Waals surface area (Å²) in [6.45, 7) is 4.67. The summed E-state index contributed by atoms with van der Waals surface area (Å²) in [5.74, 6) is 0.283. The second kappa shape index (κ2) is 7.83. The first-order valence-corrected chi connectivity index (χ1v) is 7.25. The molecule has 2 aromatic rings. The van der Waals surface area contributed by atoms with Crippen LogP contribution in [0.5, 0.6) is 0 Å². The molecule has 0 N–H and O–H groups in total. The van der Waals surface area contributed by atoms with Crippen LogP contribution in [0.3, 0.4) is 0 Å². The summed E-state index contributed by atoms with van der Waals surface area (Å²) in [7, 11) is 0. The average Bonchev–Trinajstić information content (AvgIpc) is 2.53. The molecule has 0 aliphatic heterocycles. The van der Waals surface area contributed by atoms with Crippen molar-refractivity contribution in [3.05, 3.63) is 71.8 Å². The molecule has 2 unspecified atom stereocenters. The summed E-state index contributed by atoms with van der Waals surface area (Å²) < 4.78 is 0. The van der Waals surface area contributed by atoms with E-state index in [1.165, 1.54) is 5.56 Å². The second-order valence-corrected chi connectivity index (χ2v) is 4.76. The highest BCUT2D eigenvalue weighted by atomic mass is 17.2. The molecule has 2 nitrogen and oxygen atoms in total. The van der Waals surface area contributed by atoms with Crippen LogP contribution in [0.15, 0.2) is 60.7 Å². The van der Waals surface area contributed by atoms with Gasteiger partial charge in [-0.15, -0.1) is 0 Å². The fourth-order valence-corrected chi connectivity index (χ4v) is 2.46. The Morgan fingerprint density at radius 2 is 1.35 bits per heavy atom. The first kappa shape index (κ1) is 14.8. The fourth-order valence-electron chi connectivity index (χ4n) is 2.46. The van der Waals surface area contributed by atoms with E-state index in [1.807, 2.05) is 31.2 Å². The maximum absolute atomic E-state index is 5.68. The molecule has 2 rings (SSSR count). The van der Waals surface area contributed by atoms with E-state index in [2.05, 4.69) is 43.3 Å². The lowest BCUT2D eigenvalue weighted by molar-refractivity contribution is -0.329. The van der Waals surface area contributed by atoms with Crippen LogP contribution in [0.25, 0.3) is 0 Å². The fraction of sp³-hybridized carbons (Fsp3) is 0.333. The highest BCUT2D eigenvalue weighted by Gasteiger charge is 2.25. The molecular formula is C18H22O2. The van der Waals surface area contributed by atoms with E-state index in [4.69, 9.17) is 9.78 Å². The molecule has 0 heterocycles. The number of benzene rings is 2. The monoisotopic (exact) mass is 270 g/mol. The van der Waals surface area contributed by atoms with Gasteiger partial charge < -0.3 is 0 Å². The first-order valence-electron chi connectivity index (χ1n) is 7.25. The minimum atomic E-state index is -0.0800. The van der Waals surface area contributed by atoms with Crippen molar-refractivity contribution in [1.29, 1.82) is 0 Å². The topological polar surface area (TPSA) is 18.5 Å². The Labute approximate surface area is 121 Å². The SMILES string of the molecule is CCOOC(c1ccccc1)C(CC)c1ccccc1. The molecule has 0 radical (unpaired) electrons. The maximum Gasteiger partial charge on any atom is 0.125 e. The van der Waals surface area contributed by atoms with E-state index in [1.54, 1.807) is 0 Å². The van der Waals surface area contributed by atoms with Crippen LogP contribution in [0.1, 0.15) is 43.4 Å². The molecule has 0 aliphatic rings. The van der Waals surface area contributed by atoms with Crippen molar-refractivity contribution in [3.63, 3.8) is 0 Å². The van der Waals surface area contributed by atoms with Crippen molar-refractivity contribution in [2.24, 2.45) is 0 Å². The van der Waals surface area contributed by atoms with Crippen LogP contribution in [0.4, 0.5) is 0 Å². The highest BCUT2D eigenvalue weighted by molar-refractivity contribution is 5.26. The predicted octanol–water partition coefficient (Wildman–Crippen LogP) is 4.89. The lowest BCUT2D eigenvalue weighted by Crippen LogP contribution is -2.15. The maximum atomic E-state index is 5.68. The van der Waals surface area contributed by atoms with Gasteiger partial charge >= 0.3 is 0 Å². The van der Waals surface area contributed by atoms with Crippen LogP contribution in [-0.2, 0) is 9.78 Å². The zero-order chi connectivity index (χ0) is 14.2. The second-order valence-electron chi connectivity index (χ2n) is 4.76. The highest BCUT2D eigenvalue weighted by Crippen LogP contribution is 2.36. The first-order chi connectivity index (χ1) is 9.86. The predicted molar refractivity (Wildman–Crippen MR) is 81.4 cm³/mol. The molecule has 0 fully saturated rings. The molecule has 2 atom stereocenters. The van der Waals surface area contributed by atoms with E-state index in [-0.39, 0.29) is 12.0 Å². The summed E-state index contributed by atoms with van der Waals surface area (Å²) in [6, 6.07) is 20.8. The Kier molecular flexibility index (Phi) is 5.78. The molecule has 0 aromatic heterocycles. The van der Waals surface area contributed by atoms with Crippen molar-refractivity contribution in [2.45, 2.75) is 32.3 Å². The van der Waals surface area contributed by atoms with Crippen LogP contribution in [0.2, 0.25) is 0 Å². The Balaban J connectivity index is 2.29. The summed E-state index contributed by atoms with van der Waals surface area (Å²) >= 11 is 0. The summed E-state index contributed by atoms with van der Waals surface area (Å²) in [5.41, 5.74) is 2.43. The molecule has 20 heavy (non-hydrogen) atoms. The number of hydrogen-bond donors (Lipinski definition) is 0. The van der Waals surface area contributed by atoms with Gasteiger partial charge in [0.1, 0.15) is 6.10 Å². The van der Waals surface area contributed by atoms with Crippen molar-refractivity contribution < 1.29 is 9.78 Å². The van der Waals surface area contributed by atoms with Gasteiger partial charge in [0.2, 0.25) is 0 Å². The number of hydrogen-bond acceptors (Lipinski definition) is 2. The Morgan fingerprint density at radius 1 is 0.800 bits per heavy atom. The third-order valence-corrected chi connectivity index (χ3v) is 3.45. The van der Waals surface area contributed by atoms with Gasteiger partial charge in [-0.25, -0.2) is 9.78 Å². The average molecular weight is 270 g/mol. The zero-order valence-corrected chi connectivity index (χ0v) is 12.2. The lowest BCUT2D eigenvalue weighted by atomic mass is 9.87. The van der Waals surface area contributed by atoms with E-state index in [0.717, 1.165) is 12.0 Å². The van der Waals surface area contributed by atoms with Gasteiger partial charge in [0.05, 0.1) is 6.61 Å². The van der Waals surface area contributed by atoms with Gasteiger partial charge in [0.15, 0.2) is 0 Å². The van der Waals surface area contributed by atoms with Crippen molar-refractivity contribution in [3.8, 4) is 0 Å². The Hall–Kier alpha value is -1.64. The van der Waals surface area contributed by atoms with E-state index < -0.39 is 0 Å². The minimum absolute atomic E-state index is 0.0800. The van der Waals surface area contributed by atoms with Gasteiger partial charge in [0, 0.05) is 5.92 Å². The summed E-state index contributed by atoms with van der Waals surface area (Å²) in [4.78, 5) is 10.9. The van der Waals surface area contributed by atoms with Crippen molar-refractivity contribution in [2.75, 3.05) is 6.61 Å². The summed E-state index contributed by atoms with van der Waals surface area (Å²) in [6.07, 6.45) is 0.917. The van der Waals surface area contributed by atoms with Crippen LogP contribution in [-0.4, -0.2) is 6.61 Å². The van der Waals surface area contributed by atoms with Crippen molar-refractivity contribution >= 4 is 0 Å². The molecule has 0 aliphatic carbocycles. The van der Waals surface area contributed by atoms with Gasteiger partial charge in [0.25, 0.3) is 0 Å². The van der Waals surface area contributed by atoms with Crippen LogP contribution < -0.4 is 0 Å². The van der Waals surface area contributed by atoms with E-state index in [0.29, 0.717) is 6.61 Å². The Bertz CT molecular complexity index is 481. The van der Waals surface area contributed by atoms with E-state index >= 15 is 0 Å². The van der Waals surface area contributed by atoms with Crippen LogP contribution in [0, 0.1) is 0 Å². The largest absolute Gasteiger partial charge is 0.236 e. The molecular weight excluding hydrogens is 248 g/mol. The molecule has 0 saturated heterocycles. The third-order valence-electron chi connectivity index (χ3n) is 3.45. The molecule has 2 aromatic carbocycles. The normalized spacial score (nSPS) is 13.9. The molecule has 0 amide bonds. The van der Waals surface area contributed by atoms with Crippen LogP contribution >= 0.6 is 0 Å². The summed E-state index contributed by atoms with van der Waals surface area (Å²) in [5, 5.41) is 0. The molecule has 106 valence electrons. The lowest BCUT2D eigenvalue weighted by Gasteiger charge is -2.26. The van der Waals surface area contributed by atoms with Gasteiger partial charge in [-0.2, -0.15) is 0 Å². The minimum Gasteiger partial charge on any atom is -0.236 e. The standard InChI is InChI=1S/C18H22O2/c1-3-17(15-11-7-5-8-12-15)18(20-19-4-2)16-13-9-6-10-14-16/h5-14,17-18H,3-4H2,1-2H3. The smallest absolute Gasteiger partial charge is 0.125 e. The molecule has 0 saturated carbocycles. The van der Waals surface area contributed by atoms with Gasteiger partial charge in [-0.05, 0) is 24.5 Å². The van der Waals surface area contributed by atoms with Gasteiger partial charge in [-0.1, -0.05) is 67.6 Å². The van der Waals surface area contributed by atoms with Crippen molar-refractivity contribution in [1.82, 2.24) is 0 Å². The Morgan fingerprint density at radius 3 is 1.85 bits per heavy atom. The molecule has 0 bridgehead atoms. The zero-order valence-electron chi connectivity index (χ0n) is 12.2. The van der Waals surface area contributed by atoms with E-state index in [9.17, 15) is 0 Å².